The highest BCUT2D eigenvalue weighted by atomic mass is 32.1. The van der Waals surface area contributed by atoms with Crippen molar-refractivity contribution in [1.82, 2.24) is 25.2 Å². The molecule has 2 N–H and O–H groups in total. The van der Waals surface area contributed by atoms with Crippen LogP contribution in [-0.2, 0) is 22.6 Å². The van der Waals surface area contributed by atoms with Crippen molar-refractivity contribution in [2.24, 2.45) is 5.92 Å². The first-order valence-corrected chi connectivity index (χ1v) is 13.0. The Balaban J connectivity index is 1.39. The fourth-order valence-corrected chi connectivity index (χ4v) is 5.35. The number of aryl methyl sites for hydroxylation is 1. The number of amides is 2. The van der Waals surface area contributed by atoms with Gasteiger partial charge in [-0.25, -0.2) is 4.98 Å². The number of nitrogens with zero attached hydrogens (tertiary/aromatic N) is 4. The van der Waals surface area contributed by atoms with Crippen LogP contribution in [0.5, 0.6) is 0 Å². The molecule has 1 fully saturated rings. The number of hydrogen-bond acceptors (Lipinski definition) is 7. The molecule has 0 spiro atoms. The zero-order chi connectivity index (χ0) is 24.8. The predicted octanol–water partition coefficient (Wildman–Crippen LogP) is 2.34. The Hall–Kier alpha value is -3.27. The summed E-state index contributed by atoms with van der Waals surface area (Å²) in [4.78, 5) is 48.8. The minimum atomic E-state index is -0.275. The molecule has 2 amide bonds. The Morgan fingerprint density at radius 3 is 2.83 bits per heavy atom. The van der Waals surface area contributed by atoms with Crippen LogP contribution in [0.2, 0.25) is 0 Å². The Kier molecular flexibility index (Phi) is 8.12. The van der Waals surface area contributed by atoms with E-state index in [0.29, 0.717) is 28.6 Å². The highest BCUT2D eigenvalue weighted by Crippen LogP contribution is 2.29. The molecule has 0 unspecified atom stereocenters. The van der Waals surface area contributed by atoms with E-state index >= 15 is 0 Å². The van der Waals surface area contributed by atoms with Crippen molar-refractivity contribution in [2.45, 2.75) is 52.1 Å². The molecule has 4 rings (SSSR count). The fraction of sp³-hybridized carbons (Fsp3) is 0.480. The predicted molar refractivity (Wildman–Crippen MR) is 138 cm³/mol. The first-order chi connectivity index (χ1) is 16.9. The van der Waals surface area contributed by atoms with E-state index in [9.17, 15) is 14.4 Å². The molecule has 0 aliphatic carbocycles. The Morgan fingerprint density at radius 1 is 1.26 bits per heavy atom. The van der Waals surface area contributed by atoms with Crippen LogP contribution in [0.1, 0.15) is 38.7 Å². The van der Waals surface area contributed by atoms with Crippen molar-refractivity contribution in [2.75, 3.05) is 24.5 Å². The third-order valence-corrected chi connectivity index (χ3v) is 7.31. The van der Waals surface area contributed by atoms with Crippen molar-refractivity contribution in [3.8, 4) is 0 Å². The van der Waals surface area contributed by atoms with Gasteiger partial charge in [-0.05, 0) is 45.1 Å². The number of anilines is 1. The number of thiazole rings is 1. The Bertz CT molecular complexity index is 1220. The van der Waals surface area contributed by atoms with E-state index in [1.54, 1.807) is 0 Å². The molecule has 1 aliphatic heterocycles. The summed E-state index contributed by atoms with van der Waals surface area (Å²) in [6.45, 7) is 5.75. The van der Waals surface area contributed by atoms with Crippen LogP contribution in [0.4, 0.5) is 5.13 Å². The number of fused-ring (bicyclic) bond motifs is 1. The topological polar surface area (TPSA) is 109 Å². The molecule has 1 aromatic carbocycles. The second-order valence-electron chi connectivity index (χ2n) is 9.00. The molecule has 0 saturated carbocycles. The maximum Gasteiger partial charge on any atom is 0.273 e. The van der Waals surface area contributed by atoms with Crippen LogP contribution in [0.3, 0.4) is 0 Å². The molecule has 10 heteroatoms. The van der Waals surface area contributed by atoms with Crippen LogP contribution in [0.15, 0.2) is 41.5 Å². The summed E-state index contributed by atoms with van der Waals surface area (Å²) in [6, 6.07) is 10.1. The summed E-state index contributed by atoms with van der Waals surface area (Å²) in [5, 5.41) is 6.55. The van der Waals surface area contributed by atoms with E-state index in [1.165, 1.54) is 27.8 Å². The quantitative estimate of drug-likeness (QED) is 0.471. The first kappa shape index (κ1) is 24.8. The van der Waals surface area contributed by atoms with Gasteiger partial charge >= 0.3 is 0 Å². The lowest BCUT2D eigenvalue weighted by Gasteiger charge is -2.31. The molecule has 35 heavy (non-hydrogen) atoms. The van der Waals surface area contributed by atoms with Crippen molar-refractivity contribution >= 4 is 38.6 Å². The largest absolute Gasteiger partial charge is 0.356 e. The molecule has 1 saturated heterocycles. The number of hydrogen-bond donors (Lipinski definition) is 2. The van der Waals surface area contributed by atoms with Gasteiger partial charge in [0.05, 0.1) is 5.92 Å². The summed E-state index contributed by atoms with van der Waals surface area (Å²) < 4.78 is 1.75. The summed E-state index contributed by atoms with van der Waals surface area (Å²) >= 11 is 1.27. The normalized spacial score (nSPS) is 16.7. The molecule has 186 valence electrons. The maximum atomic E-state index is 13.0. The smallest absolute Gasteiger partial charge is 0.273 e. The summed E-state index contributed by atoms with van der Waals surface area (Å²) in [6.07, 6.45) is 4.80. The van der Waals surface area contributed by atoms with Gasteiger partial charge < -0.3 is 15.5 Å². The van der Waals surface area contributed by atoms with Crippen molar-refractivity contribution in [3.63, 3.8) is 0 Å². The van der Waals surface area contributed by atoms with Crippen LogP contribution < -0.4 is 21.1 Å². The van der Waals surface area contributed by atoms with E-state index in [0.717, 1.165) is 32.2 Å². The molecule has 2 aromatic heterocycles. The van der Waals surface area contributed by atoms with Gasteiger partial charge in [-0.15, -0.1) is 0 Å². The number of carbonyl (C=O) groups is 2. The van der Waals surface area contributed by atoms with E-state index in [1.807, 2.05) is 32.0 Å². The van der Waals surface area contributed by atoms with Crippen LogP contribution in [0.25, 0.3) is 10.3 Å². The second-order valence-corrected chi connectivity index (χ2v) is 9.98. The van der Waals surface area contributed by atoms with Gasteiger partial charge in [0.2, 0.25) is 11.8 Å². The number of nitrogens with one attached hydrogen (secondary N) is 2. The van der Waals surface area contributed by atoms with Gasteiger partial charge in [-0.3, -0.25) is 19.0 Å². The molecule has 9 nitrogen and oxygen atoms in total. The van der Waals surface area contributed by atoms with Crippen molar-refractivity contribution < 1.29 is 9.59 Å². The Morgan fingerprint density at radius 2 is 2.06 bits per heavy atom. The van der Waals surface area contributed by atoms with E-state index < -0.39 is 0 Å². The van der Waals surface area contributed by atoms with Gasteiger partial charge in [-0.2, -0.15) is 4.98 Å². The lowest BCUT2D eigenvalue weighted by Crippen LogP contribution is -2.43. The van der Waals surface area contributed by atoms with Gasteiger partial charge in [0.1, 0.15) is 17.6 Å². The number of benzene rings is 1. The zero-order valence-electron chi connectivity index (χ0n) is 20.2. The number of rotatable bonds is 9. The molecule has 0 bridgehead atoms. The average molecular weight is 497 g/mol. The molecule has 0 radical (unpaired) electrons. The zero-order valence-corrected chi connectivity index (χ0v) is 21.0. The number of carbonyl (C=O) groups excluding carboxylic acids is 2. The van der Waals surface area contributed by atoms with Crippen LogP contribution >= 0.6 is 11.3 Å². The third-order valence-electron chi connectivity index (χ3n) is 6.22. The van der Waals surface area contributed by atoms with Crippen molar-refractivity contribution in [1.29, 1.82) is 0 Å². The fourth-order valence-electron chi connectivity index (χ4n) is 4.34. The van der Waals surface area contributed by atoms with Crippen LogP contribution in [-0.4, -0.2) is 52.0 Å². The Labute approximate surface area is 208 Å². The van der Waals surface area contributed by atoms with E-state index in [2.05, 4.69) is 37.6 Å². The first-order valence-electron chi connectivity index (χ1n) is 12.2. The highest BCUT2D eigenvalue weighted by molar-refractivity contribution is 7.22. The number of piperidine rings is 1. The molecule has 2 atom stereocenters. The van der Waals surface area contributed by atoms with Crippen LogP contribution in [0, 0.1) is 5.92 Å². The average Bonchev–Trinajstić information content (AvgIpc) is 3.31. The SMILES string of the molecule is CCNC(=O)[C@@H]1CCCN(c2nc3ncn(CC(=O)N[C@H](C)CCc4ccccc4)c(=O)c3s2)C1. The van der Waals surface area contributed by atoms with E-state index in [4.69, 9.17) is 0 Å². The van der Waals surface area contributed by atoms with Gasteiger partial charge in [0.15, 0.2) is 10.8 Å². The molecular formula is C25H32N6O3S. The van der Waals surface area contributed by atoms with Crippen molar-refractivity contribution in [3.05, 3.63) is 52.6 Å². The second kappa shape index (κ2) is 11.4. The highest BCUT2D eigenvalue weighted by Gasteiger charge is 2.27. The number of aromatic nitrogens is 3. The summed E-state index contributed by atoms with van der Waals surface area (Å²) in [5.41, 5.74) is 1.33. The lowest BCUT2D eigenvalue weighted by molar-refractivity contribution is -0.125. The standard InChI is InChI=1S/C25H32N6O3S/c1-3-26-23(33)19-10-7-13-30(14-19)25-29-22-21(35-25)24(34)31(16-27-22)15-20(32)28-17(2)11-12-18-8-5-4-6-9-18/h4-6,8-9,16-17,19H,3,7,10-15H2,1-2H3,(H,26,33)(H,28,32)/t17-,19-/m1/s1. The summed E-state index contributed by atoms with van der Waals surface area (Å²) in [5.74, 6) is -0.255. The minimum absolute atomic E-state index is 0.0120. The maximum absolute atomic E-state index is 13.0. The third kappa shape index (κ3) is 6.25. The monoisotopic (exact) mass is 496 g/mol. The molecule has 3 heterocycles. The van der Waals surface area contributed by atoms with Gasteiger partial charge in [0, 0.05) is 25.7 Å². The lowest BCUT2D eigenvalue weighted by atomic mass is 9.97. The molecule has 1 aliphatic rings. The van der Waals surface area contributed by atoms with E-state index in [-0.39, 0.29) is 35.9 Å². The van der Waals surface area contributed by atoms with Gasteiger partial charge in [-0.1, -0.05) is 41.7 Å². The molecular weight excluding hydrogens is 464 g/mol. The molecule has 3 aromatic rings. The van der Waals surface area contributed by atoms with Gasteiger partial charge in [0.25, 0.3) is 5.56 Å². The summed E-state index contributed by atoms with van der Waals surface area (Å²) in [7, 11) is 0. The minimum Gasteiger partial charge on any atom is -0.356 e.